The molecule has 1 aliphatic heterocycles. The van der Waals surface area contributed by atoms with Gasteiger partial charge in [0.25, 0.3) is 0 Å². The van der Waals surface area contributed by atoms with Crippen LogP contribution in [0.3, 0.4) is 0 Å². The summed E-state index contributed by atoms with van der Waals surface area (Å²) >= 11 is 0. The first-order chi connectivity index (χ1) is 12.6. The molecule has 0 aliphatic carbocycles. The minimum Gasteiger partial charge on any atom is -0.462 e. The van der Waals surface area contributed by atoms with Gasteiger partial charge in [0.15, 0.2) is 0 Å². The van der Waals surface area contributed by atoms with Crippen molar-refractivity contribution < 1.29 is 14.3 Å². The number of carbonyl (C=O) groups is 2. The Balaban J connectivity index is 2.08. The normalized spacial score (nSPS) is 13.8. The summed E-state index contributed by atoms with van der Waals surface area (Å²) in [4.78, 5) is 32.1. The summed E-state index contributed by atoms with van der Waals surface area (Å²) in [6.07, 6.45) is 2.31. The van der Waals surface area contributed by atoms with Gasteiger partial charge in [-0.2, -0.15) is 0 Å². The molecule has 1 aliphatic rings. The van der Waals surface area contributed by atoms with Crippen LogP contribution in [0, 0.1) is 0 Å². The van der Waals surface area contributed by atoms with Gasteiger partial charge < -0.3 is 14.6 Å². The molecule has 2 heterocycles. The van der Waals surface area contributed by atoms with Crippen molar-refractivity contribution in [2.24, 2.45) is 0 Å². The molecule has 0 atom stereocenters. The highest BCUT2D eigenvalue weighted by Crippen LogP contribution is 2.31. The number of hydrogen-bond donors (Lipinski definition) is 1. The number of ether oxygens (including phenoxy) is 1. The number of fused-ring (bicyclic) bond motifs is 3. The Kier molecular flexibility index (Phi) is 5.30. The highest BCUT2D eigenvalue weighted by atomic mass is 16.5. The van der Waals surface area contributed by atoms with E-state index in [4.69, 9.17) is 4.74 Å². The average molecular weight is 355 g/mol. The molecular weight excluding hydrogens is 330 g/mol. The second-order valence-corrected chi connectivity index (χ2v) is 6.19. The van der Waals surface area contributed by atoms with Crippen LogP contribution in [-0.4, -0.2) is 53.0 Å². The monoisotopic (exact) mass is 355 g/mol. The van der Waals surface area contributed by atoms with Crippen LogP contribution < -0.4 is 0 Å². The predicted octanol–water partition coefficient (Wildman–Crippen LogP) is 3.39. The number of hydrogen-bond acceptors (Lipinski definition) is 3. The maximum atomic E-state index is 12.8. The molecular formula is C20H25N3O3. The van der Waals surface area contributed by atoms with Gasteiger partial charge in [-0.15, -0.1) is 0 Å². The van der Waals surface area contributed by atoms with Gasteiger partial charge >= 0.3 is 12.0 Å². The van der Waals surface area contributed by atoms with Crippen LogP contribution in [0.15, 0.2) is 30.5 Å². The lowest BCUT2D eigenvalue weighted by Gasteiger charge is -2.26. The van der Waals surface area contributed by atoms with Crippen LogP contribution in [0.25, 0.3) is 16.5 Å². The van der Waals surface area contributed by atoms with E-state index in [1.165, 1.54) is 0 Å². The number of rotatable bonds is 4. The Morgan fingerprint density at radius 2 is 1.92 bits per heavy atom. The molecule has 2 amide bonds. The third-order valence-electron chi connectivity index (χ3n) is 4.75. The van der Waals surface area contributed by atoms with E-state index >= 15 is 0 Å². The molecule has 6 nitrogen and oxygen atoms in total. The quantitative estimate of drug-likeness (QED) is 0.855. The number of benzene rings is 1. The summed E-state index contributed by atoms with van der Waals surface area (Å²) < 4.78 is 5.25. The van der Waals surface area contributed by atoms with E-state index in [9.17, 15) is 9.59 Å². The van der Waals surface area contributed by atoms with Gasteiger partial charge in [-0.1, -0.05) is 18.2 Å². The summed E-state index contributed by atoms with van der Waals surface area (Å²) in [6, 6.07) is 7.88. The van der Waals surface area contributed by atoms with Crippen molar-refractivity contribution in [2.45, 2.75) is 27.2 Å². The van der Waals surface area contributed by atoms with E-state index in [-0.39, 0.29) is 12.6 Å². The Morgan fingerprint density at radius 3 is 2.62 bits per heavy atom. The molecule has 1 aromatic heterocycles. The third-order valence-corrected chi connectivity index (χ3v) is 4.75. The number of para-hydroxylation sites is 1. The summed E-state index contributed by atoms with van der Waals surface area (Å²) in [5, 5.41) is 1.08. The number of aromatic nitrogens is 1. The number of nitrogens with one attached hydrogen (secondary N) is 1. The summed E-state index contributed by atoms with van der Waals surface area (Å²) in [6.45, 7) is 7.74. The van der Waals surface area contributed by atoms with Crippen molar-refractivity contribution in [3.8, 4) is 0 Å². The Labute approximate surface area is 153 Å². The lowest BCUT2D eigenvalue weighted by Crippen LogP contribution is -2.41. The number of nitrogens with zero attached hydrogens (tertiary/aromatic N) is 2. The van der Waals surface area contributed by atoms with Crippen molar-refractivity contribution >= 4 is 28.5 Å². The number of carbonyl (C=O) groups excluding carboxylic acids is 2. The zero-order chi connectivity index (χ0) is 18.7. The molecule has 0 unspecified atom stereocenters. The fourth-order valence-electron chi connectivity index (χ4n) is 3.40. The fraction of sp³-hybridized carbons (Fsp3) is 0.400. The summed E-state index contributed by atoms with van der Waals surface area (Å²) in [7, 11) is 0. The van der Waals surface area contributed by atoms with Gasteiger partial charge in [0.05, 0.1) is 17.9 Å². The van der Waals surface area contributed by atoms with Crippen LogP contribution >= 0.6 is 0 Å². The van der Waals surface area contributed by atoms with Gasteiger partial charge in [0.2, 0.25) is 0 Å². The number of esters is 1. The molecule has 0 bridgehead atoms. The van der Waals surface area contributed by atoms with Crippen LogP contribution in [0.5, 0.6) is 0 Å². The zero-order valence-corrected chi connectivity index (χ0v) is 15.5. The second-order valence-electron chi connectivity index (χ2n) is 6.19. The van der Waals surface area contributed by atoms with Gasteiger partial charge in [0.1, 0.15) is 0 Å². The molecule has 0 fully saturated rings. The van der Waals surface area contributed by atoms with Crippen LogP contribution in [0.4, 0.5) is 4.79 Å². The number of amides is 2. The SMILES string of the molecule is CCOC(=O)C1=CN(C(=O)N(CC)CC)CCc2c1[nH]c1ccccc21. The molecule has 0 saturated heterocycles. The molecule has 3 rings (SSSR count). The first-order valence-corrected chi connectivity index (χ1v) is 9.15. The Hall–Kier alpha value is -2.76. The first kappa shape index (κ1) is 18.0. The van der Waals surface area contributed by atoms with Gasteiger partial charge in [-0.25, -0.2) is 9.59 Å². The minimum atomic E-state index is -0.417. The van der Waals surface area contributed by atoms with Gasteiger partial charge in [0, 0.05) is 36.7 Å². The van der Waals surface area contributed by atoms with Crippen molar-refractivity contribution in [1.82, 2.24) is 14.8 Å². The smallest absolute Gasteiger partial charge is 0.341 e. The lowest BCUT2D eigenvalue weighted by atomic mass is 10.0. The standard InChI is InChI=1S/C20H25N3O3/c1-4-22(5-2)20(25)23-12-11-15-14-9-7-8-10-17(14)21-18(15)16(13-23)19(24)26-6-3/h7-10,13,21H,4-6,11-12H2,1-3H3. The molecule has 1 aromatic carbocycles. The summed E-state index contributed by atoms with van der Waals surface area (Å²) in [5.74, 6) is -0.417. The van der Waals surface area contributed by atoms with E-state index < -0.39 is 5.97 Å². The Bertz CT molecular complexity index is 849. The van der Waals surface area contributed by atoms with E-state index in [0.717, 1.165) is 22.2 Å². The maximum Gasteiger partial charge on any atom is 0.341 e. The molecule has 0 saturated carbocycles. The molecule has 138 valence electrons. The lowest BCUT2D eigenvalue weighted by molar-refractivity contribution is -0.136. The van der Waals surface area contributed by atoms with Crippen LogP contribution in [-0.2, 0) is 16.0 Å². The molecule has 2 aromatic rings. The minimum absolute atomic E-state index is 0.0914. The van der Waals surface area contributed by atoms with Crippen molar-refractivity contribution in [1.29, 1.82) is 0 Å². The van der Waals surface area contributed by atoms with E-state index in [1.807, 2.05) is 38.1 Å². The van der Waals surface area contributed by atoms with Gasteiger partial charge in [-0.05, 0) is 38.8 Å². The van der Waals surface area contributed by atoms with Crippen molar-refractivity contribution in [2.75, 3.05) is 26.2 Å². The second kappa shape index (κ2) is 7.64. The van der Waals surface area contributed by atoms with E-state index in [1.54, 1.807) is 22.9 Å². The summed E-state index contributed by atoms with van der Waals surface area (Å²) in [5.41, 5.74) is 3.18. The molecule has 0 spiro atoms. The first-order valence-electron chi connectivity index (χ1n) is 9.15. The topological polar surface area (TPSA) is 65.6 Å². The number of aromatic amines is 1. The van der Waals surface area contributed by atoms with Crippen molar-refractivity contribution in [3.63, 3.8) is 0 Å². The predicted molar refractivity (Wildman–Crippen MR) is 102 cm³/mol. The van der Waals surface area contributed by atoms with E-state index in [0.29, 0.717) is 31.6 Å². The van der Waals surface area contributed by atoms with Crippen molar-refractivity contribution in [3.05, 3.63) is 41.7 Å². The third kappa shape index (κ3) is 3.19. The van der Waals surface area contributed by atoms with Gasteiger partial charge in [-0.3, -0.25) is 4.90 Å². The fourth-order valence-corrected chi connectivity index (χ4v) is 3.40. The largest absolute Gasteiger partial charge is 0.462 e. The average Bonchev–Trinajstić information content (AvgIpc) is 2.90. The zero-order valence-electron chi connectivity index (χ0n) is 15.5. The molecule has 0 radical (unpaired) electrons. The molecule has 1 N–H and O–H groups in total. The number of urea groups is 1. The van der Waals surface area contributed by atoms with E-state index in [2.05, 4.69) is 4.98 Å². The van der Waals surface area contributed by atoms with Crippen LogP contribution in [0.1, 0.15) is 32.0 Å². The Morgan fingerprint density at radius 1 is 1.19 bits per heavy atom. The van der Waals surface area contributed by atoms with Crippen LogP contribution in [0.2, 0.25) is 0 Å². The maximum absolute atomic E-state index is 12.8. The number of H-pyrrole nitrogens is 1. The molecule has 6 heteroatoms. The molecule has 26 heavy (non-hydrogen) atoms. The highest BCUT2D eigenvalue weighted by molar-refractivity contribution is 6.18. The highest BCUT2D eigenvalue weighted by Gasteiger charge is 2.28.